The van der Waals surface area contributed by atoms with E-state index in [0.29, 0.717) is 6.21 Å². The van der Waals surface area contributed by atoms with Gasteiger partial charge in [0, 0.05) is 24.2 Å². The maximum Gasteiger partial charge on any atom is 0.419 e. The molecule has 1 aromatic carbocycles. The van der Waals surface area contributed by atoms with E-state index in [1.807, 2.05) is 0 Å². The molecule has 0 radical (unpaired) electrons. The number of nitrogens with zero attached hydrogens (tertiary/aromatic N) is 3. The smallest absolute Gasteiger partial charge is 0.419 e. The Morgan fingerprint density at radius 3 is 2.83 bits per heavy atom. The third-order valence-electron chi connectivity index (χ3n) is 3.48. The largest absolute Gasteiger partial charge is 0.507 e. The van der Waals surface area contributed by atoms with Crippen LogP contribution in [0.15, 0.2) is 46.9 Å². The van der Waals surface area contributed by atoms with E-state index in [1.54, 1.807) is 6.07 Å². The van der Waals surface area contributed by atoms with E-state index in [2.05, 4.69) is 10.3 Å². The minimum absolute atomic E-state index is 0.0480. The molecule has 0 saturated carbocycles. The second-order valence-corrected chi connectivity index (χ2v) is 5.01. The summed E-state index contributed by atoms with van der Waals surface area (Å²) in [5.41, 5.74) is -1.07. The number of alkyl halides is 3. The molecule has 0 fully saturated rings. The SMILES string of the molecule is N#Cc1cc(C(=O)C2=CNC3N=CC(C(F)(F)F)=CN23)ccc1O. The molecule has 0 amide bonds. The number of carbonyl (C=O) groups is 1. The van der Waals surface area contributed by atoms with Gasteiger partial charge in [-0.1, -0.05) is 0 Å². The fourth-order valence-corrected chi connectivity index (χ4v) is 2.27. The molecule has 0 aliphatic carbocycles. The summed E-state index contributed by atoms with van der Waals surface area (Å²) < 4.78 is 38.5. The first-order chi connectivity index (χ1) is 11.3. The van der Waals surface area contributed by atoms with Crippen LogP contribution >= 0.6 is 0 Å². The third kappa shape index (κ3) is 2.58. The average molecular weight is 334 g/mol. The number of halogens is 3. The Labute approximate surface area is 133 Å². The molecule has 0 spiro atoms. The Kier molecular flexibility index (Phi) is 3.52. The molecule has 122 valence electrons. The quantitative estimate of drug-likeness (QED) is 0.808. The Bertz CT molecular complexity index is 849. The van der Waals surface area contributed by atoms with E-state index >= 15 is 0 Å². The molecule has 1 atom stereocenters. The van der Waals surface area contributed by atoms with Crippen molar-refractivity contribution in [2.24, 2.45) is 4.99 Å². The van der Waals surface area contributed by atoms with Crippen molar-refractivity contribution in [3.05, 3.63) is 53.0 Å². The van der Waals surface area contributed by atoms with Crippen molar-refractivity contribution in [3.63, 3.8) is 0 Å². The van der Waals surface area contributed by atoms with Crippen molar-refractivity contribution in [1.82, 2.24) is 10.2 Å². The molecular weight excluding hydrogens is 325 g/mol. The minimum atomic E-state index is -4.59. The second-order valence-electron chi connectivity index (χ2n) is 5.01. The van der Waals surface area contributed by atoms with Crippen LogP contribution in [0, 0.1) is 11.3 Å². The van der Waals surface area contributed by atoms with Gasteiger partial charge in [-0.2, -0.15) is 18.4 Å². The van der Waals surface area contributed by atoms with Gasteiger partial charge >= 0.3 is 6.18 Å². The van der Waals surface area contributed by atoms with E-state index in [1.165, 1.54) is 24.4 Å². The fraction of sp³-hybridized carbons (Fsp3) is 0.133. The summed E-state index contributed by atoms with van der Waals surface area (Å²) in [6.07, 6.45) is -2.66. The summed E-state index contributed by atoms with van der Waals surface area (Å²) in [5, 5.41) is 21.0. The van der Waals surface area contributed by atoms with Crippen LogP contribution in [0.5, 0.6) is 5.75 Å². The molecule has 2 N–H and O–H groups in total. The molecule has 3 rings (SSSR count). The maximum absolute atomic E-state index is 12.8. The molecule has 2 heterocycles. The lowest BCUT2D eigenvalue weighted by Crippen LogP contribution is -2.37. The van der Waals surface area contributed by atoms with Gasteiger partial charge in [0.2, 0.25) is 5.78 Å². The van der Waals surface area contributed by atoms with Gasteiger partial charge < -0.3 is 15.3 Å². The summed E-state index contributed by atoms with van der Waals surface area (Å²) in [7, 11) is 0. The molecule has 0 aromatic heterocycles. The molecule has 0 saturated heterocycles. The van der Waals surface area contributed by atoms with Crippen LogP contribution in [0.4, 0.5) is 13.2 Å². The molecule has 2 aliphatic rings. The van der Waals surface area contributed by atoms with Gasteiger partial charge in [0.1, 0.15) is 17.5 Å². The number of aromatic hydroxyl groups is 1. The van der Waals surface area contributed by atoms with Crippen LogP contribution in [0.3, 0.4) is 0 Å². The number of nitrogens with one attached hydrogen (secondary N) is 1. The minimum Gasteiger partial charge on any atom is -0.507 e. The number of benzene rings is 1. The van der Waals surface area contributed by atoms with E-state index in [0.717, 1.165) is 11.1 Å². The number of hydrogen-bond donors (Lipinski definition) is 2. The van der Waals surface area contributed by atoms with E-state index < -0.39 is 23.8 Å². The number of carbonyl (C=O) groups excluding carboxylic acids is 1. The number of aliphatic imine (C=N–C) groups is 1. The zero-order valence-electron chi connectivity index (χ0n) is 11.9. The lowest BCUT2D eigenvalue weighted by atomic mass is 10.0. The number of phenols is 1. The van der Waals surface area contributed by atoms with Crippen LogP contribution in [-0.4, -0.2) is 34.5 Å². The Balaban J connectivity index is 1.93. The van der Waals surface area contributed by atoms with Crippen LogP contribution in [0.2, 0.25) is 0 Å². The van der Waals surface area contributed by atoms with Crippen LogP contribution in [0.1, 0.15) is 15.9 Å². The second kappa shape index (κ2) is 5.42. The summed E-state index contributed by atoms with van der Waals surface area (Å²) in [4.78, 5) is 17.3. The number of hydrogen-bond acceptors (Lipinski definition) is 6. The van der Waals surface area contributed by atoms with E-state index in [9.17, 15) is 23.1 Å². The topological polar surface area (TPSA) is 88.7 Å². The molecule has 0 bridgehead atoms. The van der Waals surface area contributed by atoms with Crippen molar-refractivity contribution in [2.75, 3.05) is 0 Å². The standard InChI is InChI=1S/C15H9F3N4O2/c16-15(17,18)10-5-20-14-21-6-11(22(14)7-10)13(24)8-1-2-12(23)9(3-8)4-19/h1-3,5-7,14,21,23H. The molecular formula is C15H9F3N4O2. The number of allylic oxidation sites excluding steroid dienone is 2. The van der Waals surface area contributed by atoms with Gasteiger partial charge in [-0.05, 0) is 18.2 Å². The highest BCUT2D eigenvalue weighted by molar-refractivity contribution is 6.09. The highest BCUT2D eigenvalue weighted by atomic mass is 19.4. The van der Waals surface area contributed by atoms with Crippen molar-refractivity contribution >= 4 is 12.0 Å². The van der Waals surface area contributed by atoms with E-state index in [-0.39, 0.29) is 22.6 Å². The monoisotopic (exact) mass is 334 g/mol. The third-order valence-corrected chi connectivity index (χ3v) is 3.48. The summed E-state index contributed by atoms with van der Waals surface area (Å²) in [6.45, 7) is 0. The normalized spacial score (nSPS) is 19.1. The van der Waals surface area contributed by atoms with Gasteiger partial charge in [-0.25, -0.2) is 4.99 Å². The number of fused-ring (bicyclic) bond motifs is 1. The lowest BCUT2D eigenvalue weighted by Gasteiger charge is -2.26. The highest BCUT2D eigenvalue weighted by Crippen LogP contribution is 2.31. The van der Waals surface area contributed by atoms with Crippen molar-refractivity contribution in [2.45, 2.75) is 12.5 Å². The summed E-state index contributed by atoms with van der Waals surface area (Å²) >= 11 is 0. The van der Waals surface area contributed by atoms with Gasteiger partial charge in [0.15, 0.2) is 6.29 Å². The average Bonchev–Trinajstić information content (AvgIpc) is 2.97. The first-order valence-electron chi connectivity index (χ1n) is 6.66. The zero-order chi connectivity index (χ0) is 17.5. The first kappa shape index (κ1) is 15.6. The summed E-state index contributed by atoms with van der Waals surface area (Å²) in [5.74, 6) is -0.886. The Morgan fingerprint density at radius 2 is 2.17 bits per heavy atom. The first-order valence-corrected chi connectivity index (χ1v) is 6.66. The number of rotatable bonds is 2. The Hall–Kier alpha value is -3.28. The predicted molar refractivity (Wildman–Crippen MR) is 76.6 cm³/mol. The van der Waals surface area contributed by atoms with Crippen molar-refractivity contribution in [1.29, 1.82) is 5.26 Å². The van der Waals surface area contributed by atoms with Crippen molar-refractivity contribution < 1.29 is 23.1 Å². The maximum atomic E-state index is 12.8. The van der Waals surface area contributed by atoms with E-state index in [4.69, 9.17) is 5.26 Å². The number of nitriles is 1. The molecule has 2 aliphatic heterocycles. The molecule has 1 aromatic rings. The van der Waals surface area contributed by atoms with Gasteiger partial charge in [-0.15, -0.1) is 0 Å². The molecule has 9 heteroatoms. The van der Waals surface area contributed by atoms with Gasteiger partial charge in [0.05, 0.1) is 11.1 Å². The number of Topliss-reactive ketones (excluding diaryl/α,β-unsaturated/α-hetero) is 1. The van der Waals surface area contributed by atoms with Crippen LogP contribution in [-0.2, 0) is 0 Å². The van der Waals surface area contributed by atoms with Crippen LogP contribution < -0.4 is 5.32 Å². The fourth-order valence-electron chi connectivity index (χ4n) is 2.27. The predicted octanol–water partition coefficient (Wildman–Crippen LogP) is 2.01. The zero-order valence-corrected chi connectivity index (χ0v) is 11.9. The van der Waals surface area contributed by atoms with Crippen LogP contribution in [0.25, 0.3) is 0 Å². The van der Waals surface area contributed by atoms with Crippen molar-refractivity contribution in [3.8, 4) is 11.8 Å². The van der Waals surface area contributed by atoms with Gasteiger partial charge in [0.25, 0.3) is 0 Å². The summed E-state index contributed by atoms with van der Waals surface area (Å²) in [6, 6.07) is 5.37. The molecule has 6 nitrogen and oxygen atoms in total. The Morgan fingerprint density at radius 1 is 1.42 bits per heavy atom. The molecule has 24 heavy (non-hydrogen) atoms. The lowest BCUT2D eigenvalue weighted by molar-refractivity contribution is -0.0870. The van der Waals surface area contributed by atoms with Gasteiger partial charge in [-0.3, -0.25) is 4.79 Å². The number of ketones is 1. The highest BCUT2D eigenvalue weighted by Gasteiger charge is 2.39. The molecule has 1 unspecified atom stereocenters. The number of phenolic OH excluding ortho intramolecular Hbond substituents is 1.